The van der Waals surface area contributed by atoms with Crippen LogP contribution in [-0.2, 0) is 19.1 Å². The Morgan fingerprint density at radius 3 is 2.61 bits per heavy atom. The zero-order valence-corrected chi connectivity index (χ0v) is 10.7. The van der Waals surface area contributed by atoms with E-state index < -0.39 is 18.0 Å². The molecule has 0 aliphatic heterocycles. The number of carbonyl (C=O) groups excluding carboxylic acids is 2. The molecule has 1 aromatic heterocycles. The van der Waals surface area contributed by atoms with Gasteiger partial charge < -0.3 is 13.9 Å². The van der Waals surface area contributed by atoms with Gasteiger partial charge in [0.25, 0.3) is 0 Å². The zero-order chi connectivity index (χ0) is 13.7. The van der Waals surface area contributed by atoms with Crippen LogP contribution in [0.25, 0.3) is 0 Å². The third-order valence-electron chi connectivity index (χ3n) is 2.32. The van der Waals surface area contributed by atoms with E-state index in [9.17, 15) is 9.59 Å². The molecule has 1 aromatic rings. The molecule has 0 aromatic carbocycles. The molecule has 5 nitrogen and oxygen atoms in total. The van der Waals surface area contributed by atoms with Gasteiger partial charge in [-0.1, -0.05) is 6.58 Å². The molecule has 0 aliphatic carbocycles. The van der Waals surface area contributed by atoms with Gasteiger partial charge in [0.15, 0.2) is 6.10 Å². The number of aryl methyl sites for hydroxylation is 1. The summed E-state index contributed by atoms with van der Waals surface area (Å²) in [5, 5.41) is 0. The van der Waals surface area contributed by atoms with Gasteiger partial charge >= 0.3 is 11.9 Å². The lowest BCUT2D eigenvalue weighted by atomic mass is 10.0. The fraction of sp³-hybridized carbons (Fsp3) is 0.385. The van der Waals surface area contributed by atoms with Gasteiger partial charge in [0.2, 0.25) is 0 Å². The van der Waals surface area contributed by atoms with Gasteiger partial charge in [0, 0.05) is 12.5 Å². The Hall–Kier alpha value is -2.04. The van der Waals surface area contributed by atoms with Gasteiger partial charge in [0.05, 0.1) is 18.4 Å². The second-order valence-electron chi connectivity index (χ2n) is 3.67. The first-order valence-corrected chi connectivity index (χ1v) is 5.54. The van der Waals surface area contributed by atoms with Crippen molar-refractivity contribution in [1.82, 2.24) is 0 Å². The molecule has 0 saturated heterocycles. The first-order valence-electron chi connectivity index (χ1n) is 5.54. The number of hydrogen-bond acceptors (Lipinski definition) is 5. The molecular weight excluding hydrogens is 236 g/mol. The fourth-order valence-electron chi connectivity index (χ4n) is 1.49. The van der Waals surface area contributed by atoms with Crippen LogP contribution in [0.1, 0.15) is 31.3 Å². The van der Waals surface area contributed by atoms with Crippen molar-refractivity contribution >= 4 is 11.9 Å². The van der Waals surface area contributed by atoms with Crippen molar-refractivity contribution in [2.45, 2.75) is 26.9 Å². The van der Waals surface area contributed by atoms with Crippen molar-refractivity contribution in [3.63, 3.8) is 0 Å². The van der Waals surface area contributed by atoms with Crippen molar-refractivity contribution < 1.29 is 23.5 Å². The van der Waals surface area contributed by atoms with E-state index in [1.165, 1.54) is 13.2 Å². The first kappa shape index (κ1) is 14.0. The molecule has 0 saturated carbocycles. The van der Waals surface area contributed by atoms with Gasteiger partial charge in [-0.3, -0.25) is 4.79 Å². The van der Waals surface area contributed by atoms with Crippen molar-refractivity contribution in [1.29, 1.82) is 0 Å². The molecule has 98 valence electrons. The summed E-state index contributed by atoms with van der Waals surface area (Å²) >= 11 is 0. The molecule has 0 spiro atoms. The van der Waals surface area contributed by atoms with Crippen molar-refractivity contribution in [2.24, 2.45) is 0 Å². The molecule has 1 rings (SSSR count). The number of esters is 2. The summed E-state index contributed by atoms with van der Waals surface area (Å²) in [6, 6.07) is 1.63. The summed E-state index contributed by atoms with van der Waals surface area (Å²) in [5.74, 6) is -0.540. The third kappa shape index (κ3) is 3.23. The monoisotopic (exact) mass is 252 g/mol. The van der Waals surface area contributed by atoms with Crippen LogP contribution in [0.4, 0.5) is 0 Å². The summed E-state index contributed by atoms with van der Waals surface area (Å²) in [6.07, 6.45) is 0.583. The summed E-state index contributed by atoms with van der Waals surface area (Å²) in [5.41, 5.74) is 0.653. The molecule has 0 amide bonds. The van der Waals surface area contributed by atoms with E-state index in [1.807, 2.05) is 0 Å². The highest BCUT2D eigenvalue weighted by atomic mass is 16.6. The van der Waals surface area contributed by atoms with Crippen LogP contribution < -0.4 is 0 Å². The molecule has 5 heteroatoms. The lowest BCUT2D eigenvalue weighted by molar-refractivity contribution is -0.147. The molecule has 0 radical (unpaired) electrons. The average Bonchev–Trinajstić information content (AvgIpc) is 2.71. The summed E-state index contributed by atoms with van der Waals surface area (Å²) in [4.78, 5) is 22.7. The summed E-state index contributed by atoms with van der Waals surface area (Å²) < 4.78 is 15.1. The molecule has 0 N–H and O–H groups in total. The smallest absolute Gasteiger partial charge is 0.337 e. The largest absolute Gasteiger partial charge is 0.469 e. The van der Waals surface area contributed by atoms with Crippen LogP contribution in [0.15, 0.2) is 28.9 Å². The molecule has 0 bridgehead atoms. The number of hydrogen-bond donors (Lipinski definition) is 0. The van der Waals surface area contributed by atoms with E-state index in [2.05, 4.69) is 6.58 Å². The molecule has 1 atom stereocenters. The number of furan rings is 1. The lowest BCUT2D eigenvalue weighted by Gasteiger charge is -2.17. The third-order valence-corrected chi connectivity index (χ3v) is 2.32. The Bertz CT molecular complexity index is 458. The van der Waals surface area contributed by atoms with E-state index in [4.69, 9.17) is 13.9 Å². The van der Waals surface area contributed by atoms with Crippen LogP contribution in [0.3, 0.4) is 0 Å². The maximum Gasteiger partial charge on any atom is 0.337 e. The van der Waals surface area contributed by atoms with Gasteiger partial charge in [0.1, 0.15) is 5.76 Å². The van der Waals surface area contributed by atoms with E-state index in [-0.39, 0.29) is 12.2 Å². The quantitative estimate of drug-likeness (QED) is 0.594. The molecule has 0 fully saturated rings. The van der Waals surface area contributed by atoms with Crippen LogP contribution >= 0.6 is 0 Å². The maximum atomic E-state index is 11.6. The minimum absolute atomic E-state index is 0.0662. The molecular formula is C13H16O5. The molecule has 1 heterocycles. The van der Waals surface area contributed by atoms with Crippen molar-refractivity contribution in [3.8, 4) is 0 Å². The van der Waals surface area contributed by atoms with Crippen LogP contribution in [0.2, 0.25) is 0 Å². The van der Waals surface area contributed by atoms with Gasteiger partial charge in [-0.2, -0.15) is 0 Å². The van der Waals surface area contributed by atoms with Crippen LogP contribution in [0.5, 0.6) is 0 Å². The predicted molar refractivity (Wildman–Crippen MR) is 63.7 cm³/mol. The van der Waals surface area contributed by atoms with Crippen molar-refractivity contribution in [2.75, 3.05) is 6.61 Å². The molecule has 1 unspecified atom stereocenters. The number of ether oxygens (including phenoxy) is 2. The average molecular weight is 252 g/mol. The Kier molecular flexibility index (Phi) is 4.71. The van der Waals surface area contributed by atoms with Gasteiger partial charge in [-0.05, 0) is 19.9 Å². The molecule has 18 heavy (non-hydrogen) atoms. The highest BCUT2D eigenvalue weighted by molar-refractivity contribution is 5.89. The van der Waals surface area contributed by atoms with Crippen molar-refractivity contribution in [3.05, 3.63) is 35.8 Å². The Morgan fingerprint density at radius 1 is 1.50 bits per heavy atom. The normalized spacial score (nSPS) is 11.7. The Balaban J connectivity index is 2.99. The number of rotatable bonds is 5. The fourth-order valence-corrected chi connectivity index (χ4v) is 1.49. The Morgan fingerprint density at radius 2 is 2.17 bits per heavy atom. The second-order valence-corrected chi connectivity index (χ2v) is 3.67. The lowest BCUT2D eigenvalue weighted by Crippen LogP contribution is -2.18. The highest BCUT2D eigenvalue weighted by Crippen LogP contribution is 2.29. The first-order chi connectivity index (χ1) is 8.47. The van der Waals surface area contributed by atoms with E-state index >= 15 is 0 Å². The summed E-state index contributed by atoms with van der Waals surface area (Å²) in [7, 11) is 0. The zero-order valence-electron chi connectivity index (χ0n) is 10.7. The Labute approximate surface area is 105 Å². The van der Waals surface area contributed by atoms with Crippen LogP contribution in [0, 0.1) is 6.92 Å². The SMILES string of the molecule is C=C(C(=O)OCC)C(OC(C)=O)c1ccoc1C. The minimum Gasteiger partial charge on any atom is -0.469 e. The van der Waals surface area contributed by atoms with Crippen LogP contribution in [-0.4, -0.2) is 18.5 Å². The minimum atomic E-state index is -0.875. The number of carbonyl (C=O) groups is 2. The van der Waals surface area contributed by atoms with E-state index in [0.717, 1.165) is 0 Å². The second kappa shape index (κ2) is 6.05. The van der Waals surface area contributed by atoms with Gasteiger partial charge in [-0.15, -0.1) is 0 Å². The topological polar surface area (TPSA) is 65.7 Å². The van der Waals surface area contributed by atoms with Gasteiger partial charge in [-0.25, -0.2) is 4.79 Å². The maximum absolute atomic E-state index is 11.6. The van der Waals surface area contributed by atoms with E-state index in [0.29, 0.717) is 11.3 Å². The van der Waals surface area contributed by atoms with E-state index in [1.54, 1.807) is 19.9 Å². The summed E-state index contributed by atoms with van der Waals surface area (Å²) in [6.45, 7) is 8.53. The molecule has 0 aliphatic rings. The highest BCUT2D eigenvalue weighted by Gasteiger charge is 2.27. The standard InChI is InChI=1S/C13H16O5/c1-5-16-13(15)8(2)12(18-10(4)14)11-6-7-17-9(11)3/h6-7,12H,2,5H2,1,3-4H3. The predicted octanol–water partition coefficient (Wildman–Crippen LogP) is 2.31.